The van der Waals surface area contributed by atoms with Crippen LogP contribution in [0, 0.1) is 0 Å². The minimum Gasteiger partial charge on any atom is -0.366 e. The van der Waals surface area contributed by atoms with Crippen molar-refractivity contribution in [2.75, 3.05) is 12.4 Å². The van der Waals surface area contributed by atoms with Crippen molar-refractivity contribution in [2.24, 2.45) is 5.73 Å². The van der Waals surface area contributed by atoms with E-state index < -0.39 is 29.1 Å². The Balaban J connectivity index is 1.85. The molecule has 1 aliphatic rings. The highest BCUT2D eigenvalue weighted by Gasteiger charge is 2.35. The Kier molecular flexibility index (Phi) is 5.50. The first-order chi connectivity index (χ1) is 12.7. The first-order valence-electron chi connectivity index (χ1n) is 7.99. The second-order valence-electron chi connectivity index (χ2n) is 6.04. The molecule has 0 spiro atoms. The molecule has 1 saturated carbocycles. The molecule has 1 aromatic heterocycles. The summed E-state index contributed by atoms with van der Waals surface area (Å²) in [6, 6.07) is 6.49. The predicted octanol–water partition coefficient (Wildman–Crippen LogP) is 4.22. The molecule has 2 amide bonds. The van der Waals surface area contributed by atoms with E-state index in [9.17, 15) is 22.8 Å². The van der Waals surface area contributed by atoms with Crippen LogP contribution in [-0.4, -0.2) is 29.2 Å². The summed E-state index contributed by atoms with van der Waals surface area (Å²) in [4.78, 5) is 24.1. The Bertz CT molecular complexity index is 879. The van der Waals surface area contributed by atoms with Gasteiger partial charge < -0.3 is 11.1 Å². The van der Waals surface area contributed by atoms with Crippen molar-refractivity contribution in [3.05, 3.63) is 47.0 Å². The van der Waals surface area contributed by atoms with Gasteiger partial charge in [-0.25, -0.2) is 4.31 Å². The largest absolute Gasteiger partial charge is 0.417 e. The third-order valence-electron chi connectivity index (χ3n) is 3.97. The average molecular weight is 415 g/mol. The molecule has 5 nitrogen and oxygen atoms in total. The molecular formula is C17H16F3N3O2S2. The van der Waals surface area contributed by atoms with Crippen molar-refractivity contribution in [1.29, 1.82) is 0 Å². The topological polar surface area (TPSA) is 75.4 Å². The molecule has 0 bridgehead atoms. The zero-order chi connectivity index (χ0) is 19.8. The van der Waals surface area contributed by atoms with Gasteiger partial charge in [-0.1, -0.05) is 12.1 Å². The quantitative estimate of drug-likeness (QED) is 0.693. The summed E-state index contributed by atoms with van der Waals surface area (Å²) in [5, 5.41) is 2.54. The molecule has 0 atom stereocenters. The molecule has 0 radical (unpaired) electrons. The fourth-order valence-electron chi connectivity index (χ4n) is 2.44. The van der Waals surface area contributed by atoms with Gasteiger partial charge in [0.05, 0.1) is 20.9 Å². The van der Waals surface area contributed by atoms with E-state index in [1.165, 1.54) is 24.1 Å². The van der Waals surface area contributed by atoms with E-state index >= 15 is 0 Å². The molecule has 1 heterocycles. The number of halogens is 3. The van der Waals surface area contributed by atoms with Gasteiger partial charge in [0.2, 0.25) is 0 Å². The molecule has 1 fully saturated rings. The number of primary amides is 1. The Hall–Kier alpha value is -2.04. The normalized spacial score (nSPS) is 14.4. The van der Waals surface area contributed by atoms with Crippen LogP contribution in [0.3, 0.4) is 0 Å². The Morgan fingerprint density at radius 2 is 1.93 bits per heavy atom. The van der Waals surface area contributed by atoms with E-state index in [1.54, 1.807) is 6.07 Å². The van der Waals surface area contributed by atoms with Gasteiger partial charge in [-0.15, -0.1) is 11.3 Å². The number of hydrogen-bond acceptors (Lipinski definition) is 5. The first-order valence-corrected chi connectivity index (χ1v) is 9.58. The summed E-state index contributed by atoms with van der Waals surface area (Å²) in [6.45, 7) is 0. The van der Waals surface area contributed by atoms with Gasteiger partial charge >= 0.3 is 6.18 Å². The highest BCUT2D eigenvalue weighted by atomic mass is 32.2. The number of amides is 2. The number of carbonyl (C=O) groups is 2. The smallest absolute Gasteiger partial charge is 0.366 e. The van der Waals surface area contributed by atoms with Crippen molar-refractivity contribution in [3.8, 4) is 0 Å². The number of carbonyl (C=O) groups excluding carboxylic acids is 2. The number of nitrogens with one attached hydrogen (secondary N) is 1. The minimum absolute atomic E-state index is 0.0736. The first kappa shape index (κ1) is 19.7. The van der Waals surface area contributed by atoms with Crippen LogP contribution >= 0.6 is 23.3 Å². The van der Waals surface area contributed by atoms with E-state index in [0.717, 1.165) is 40.5 Å². The monoisotopic (exact) mass is 415 g/mol. The molecule has 3 N–H and O–H groups in total. The van der Waals surface area contributed by atoms with Gasteiger partial charge in [0.1, 0.15) is 5.00 Å². The summed E-state index contributed by atoms with van der Waals surface area (Å²) in [5.41, 5.74) is 3.88. The minimum atomic E-state index is -4.66. The van der Waals surface area contributed by atoms with Gasteiger partial charge in [-0.05, 0) is 50.0 Å². The lowest BCUT2D eigenvalue weighted by Gasteiger charge is -2.12. The molecular weight excluding hydrogens is 399 g/mol. The highest BCUT2D eigenvalue weighted by molar-refractivity contribution is 7.99. The van der Waals surface area contributed by atoms with Crippen LogP contribution in [0.4, 0.5) is 18.2 Å². The van der Waals surface area contributed by atoms with Crippen molar-refractivity contribution in [3.63, 3.8) is 0 Å². The van der Waals surface area contributed by atoms with E-state index in [0.29, 0.717) is 6.04 Å². The number of thiophene rings is 1. The van der Waals surface area contributed by atoms with Crippen molar-refractivity contribution >= 4 is 40.1 Å². The molecule has 144 valence electrons. The van der Waals surface area contributed by atoms with Crippen molar-refractivity contribution in [2.45, 2.75) is 29.3 Å². The zero-order valence-electron chi connectivity index (χ0n) is 14.2. The van der Waals surface area contributed by atoms with E-state index in [-0.39, 0.29) is 10.6 Å². The van der Waals surface area contributed by atoms with Gasteiger partial charge in [-0.2, -0.15) is 13.2 Å². The number of benzene rings is 1. The Labute approximate surface area is 161 Å². The molecule has 10 heteroatoms. The van der Waals surface area contributed by atoms with E-state index in [1.807, 2.05) is 11.4 Å². The molecule has 0 saturated heterocycles. The summed E-state index contributed by atoms with van der Waals surface area (Å²) < 4.78 is 42.1. The fraction of sp³-hybridized carbons (Fsp3) is 0.294. The number of rotatable bonds is 6. The van der Waals surface area contributed by atoms with Crippen LogP contribution in [-0.2, 0) is 6.18 Å². The van der Waals surface area contributed by atoms with Crippen molar-refractivity contribution < 1.29 is 22.8 Å². The zero-order valence-corrected chi connectivity index (χ0v) is 15.8. The lowest BCUT2D eigenvalue weighted by atomic mass is 10.1. The number of anilines is 1. The SMILES string of the molecule is CN(Sc1cc(C(N)=O)c(NC(=O)c2ccccc2C(F)(F)F)s1)C1CC1. The lowest BCUT2D eigenvalue weighted by Crippen LogP contribution is -2.20. The highest BCUT2D eigenvalue weighted by Crippen LogP contribution is 2.40. The molecule has 1 aromatic carbocycles. The molecule has 0 aliphatic heterocycles. The standard InChI is InChI=1S/C17H16F3N3O2S2/c1-23(9-6-7-9)27-13-8-11(14(21)24)16(26-13)22-15(25)10-4-2-3-5-12(10)17(18,19)20/h2-5,8-9H,6-7H2,1H3,(H2,21,24)(H,22,25). The van der Waals surface area contributed by atoms with Gasteiger partial charge in [-0.3, -0.25) is 9.59 Å². The maximum absolute atomic E-state index is 13.1. The number of nitrogens with two attached hydrogens (primary N) is 1. The molecule has 27 heavy (non-hydrogen) atoms. The van der Waals surface area contributed by atoms with Crippen molar-refractivity contribution in [1.82, 2.24) is 4.31 Å². The number of hydrogen-bond donors (Lipinski definition) is 2. The predicted molar refractivity (Wildman–Crippen MR) is 98.9 cm³/mol. The van der Waals surface area contributed by atoms with Crippen LogP contribution in [0.2, 0.25) is 0 Å². The lowest BCUT2D eigenvalue weighted by molar-refractivity contribution is -0.137. The summed E-state index contributed by atoms with van der Waals surface area (Å²) in [7, 11) is 1.92. The fourth-order valence-corrected chi connectivity index (χ4v) is 4.80. The molecule has 0 unspecified atom stereocenters. The summed E-state index contributed by atoms with van der Waals surface area (Å²) >= 11 is 2.51. The molecule has 3 rings (SSSR count). The van der Waals surface area contributed by atoms with Gasteiger partial charge in [0, 0.05) is 6.04 Å². The van der Waals surface area contributed by atoms with Crippen LogP contribution < -0.4 is 11.1 Å². The van der Waals surface area contributed by atoms with Crippen LogP contribution in [0.15, 0.2) is 34.5 Å². The third kappa shape index (κ3) is 4.63. The third-order valence-corrected chi connectivity index (χ3v) is 6.18. The average Bonchev–Trinajstić information content (AvgIpc) is 3.37. The van der Waals surface area contributed by atoms with Crippen LogP contribution in [0.1, 0.15) is 39.1 Å². The Morgan fingerprint density at radius 1 is 1.26 bits per heavy atom. The molecule has 1 aliphatic carbocycles. The van der Waals surface area contributed by atoms with Crippen LogP contribution in [0.25, 0.3) is 0 Å². The maximum atomic E-state index is 13.1. The van der Waals surface area contributed by atoms with Gasteiger partial charge in [0.15, 0.2) is 0 Å². The summed E-state index contributed by atoms with van der Waals surface area (Å²) in [6.07, 6.45) is -2.48. The molecule has 2 aromatic rings. The number of alkyl halides is 3. The van der Waals surface area contributed by atoms with Crippen LogP contribution in [0.5, 0.6) is 0 Å². The second-order valence-corrected chi connectivity index (χ2v) is 8.55. The second kappa shape index (κ2) is 7.53. The Morgan fingerprint density at radius 3 is 2.52 bits per heavy atom. The maximum Gasteiger partial charge on any atom is 0.417 e. The van der Waals surface area contributed by atoms with Gasteiger partial charge in [0.25, 0.3) is 11.8 Å². The number of nitrogens with zero attached hydrogens (tertiary/aromatic N) is 1. The van der Waals surface area contributed by atoms with E-state index in [4.69, 9.17) is 5.73 Å². The van der Waals surface area contributed by atoms with E-state index in [2.05, 4.69) is 5.32 Å². The summed E-state index contributed by atoms with van der Waals surface area (Å²) in [5.74, 6) is -1.70.